The van der Waals surface area contributed by atoms with Crippen LogP contribution in [0.2, 0.25) is 0 Å². The number of ether oxygens (including phenoxy) is 5. The minimum absolute atomic E-state index is 0.0333. The Morgan fingerprint density at radius 2 is 1.64 bits per heavy atom. The van der Waals surface area contributed by atoms with E-state index >= 15 is 0 Å². The number of fused-ring (bicyclic) bond motifs is 3. The molecular weight excluding hydrogens is 544 g/mol. The number of hydrogen-bond acceptors (Lipinski definition) is 9. The van der Waals surface area contributed by atoms with Crippen molar-refractivity contribution in [3.05, 3.63) is 94.4 Å². The smallest absolute Gasteiger partial charge is 0.335 e. The second-order valence-corrected chi connectivity index (χ2v) is 9.53. The van der Waals surface area contributed by atoms with Crippen molar-refractivity contribution in [3.8, 4) is 40.1 Å². The largest absolute Gasteiger partial charge is 0.493 e. The zero-order chi connectivity index (χ0) is 29.5. The number of hydrogen-bond donors (Lipinski definition) is 1. The van der Waals surface area contributed by atoms with E-state index in [-0.39, 0.29) is 35.0 Å². The van der Waals surface area contributed by atoms with Crippen LogP contribution in [-0.4, -0.2) is 44.2 Å². The van der Waals surface area contributed by atoms with Crippen LogP contribution in [0.4, 0.5) is 0 Å². The number of ketones is 1. The second-order valence-electron chi connectivity index (χ2n) is 9.53. The SMILES string of the molecule is COc1ccc(C=C2Oc3c(ccc4c3C(c3ccc(-c5ccc(C(=O)O)cc5)o3)CC(=O)O4)C2=O)c(OC)c1OC. The average Bonchev–Trinajstić information content (AvgIpc) is 3.61. The molecule has 0 radical (unpaired) electrons. The van der Waals surface area contributed by atoms with Crippen molar-refractivity contribution in [2.24, 2.45) is 0 Å². The number of carbonyl (C=O) groups is 3. The second kappa shape index (κ2) is 10.5. The quantitative estimate of drug-likeness (QED) is 0.168. The summed E-state index contributed by atoms with van der Waals surface area (Å²) in [4.78, 5) is 37.3. The van der Waals surface area contributed by atoms with Gasteiger partial charge in [-0.15, -0.1) is 0 Å². The zero-order valence-corrected chi connectivity index (χ0v) is 22.8. The number of allylic oxidation sites excluding steroid dienone is 1. The first-order valence-electron chi connectivity index (χ1n) is 12.9. The fraction of sp³-hybridized carbons (Fsp3) is 0.156. The number of methoxy groups -OCH3 is 3. The van der Waals surface area contributed by atoms with Crippen molar-refractivity contribution >= 4 is 23.8 Å². The molecule has 10 nitrogen and oxygen atoms in total. The number of carboxylic acid groups (broad SMARTS) is 1. The van der Waals surface area contributed by atoms with Crippen molar-refractivity contribution in [1.29, 1.82) is 0 Å². The molecule has 1 unspecified atom stereocenters. The summed E-state index contributed by atoms with van der Waals surface area (Å²) in [5.41, 5.74) is 2.20. The molecule has 1 atom stereocenters. The van der Waals surface area contributed by atoms with Crippen LogP contribution in [0.15, 0.2) is 70.8 Å². The molecule has 1 N–H and O–H groups in total. The summed E-state index contributed by atoms with van der Waals surface area (Å²) in [6.45, 7) is 0. The van der Waals surface area contributed by atoms with Crippen LogP contribution in [0.3, 0.4) is 0 Å². The Bertz CT molecular complexity index is 1780. The fourth-order valence-electron chi connectivity index (χ4n) is 5.20. The maximum absolute atomic E-state index is 13.5. The van der Waals surface area contributed by atoms with Crippen LogP contribution in [0.25, 0.3) is 17.4 Å². The van der Waals surface area contributed by atoms with E-state index < -0.39 is 17.9 Å². The number of esters is 1. The predicted molar refractivity (Wildman–Crippen MR) is 149 cm³/mol. The fourth-order valence-corrected chi connectivity index (χ4v) is 5.20. The molecule has 0 saturated carbocycles. The molecule has 0 spiro atoms. The Morgan fingerprint density at radius 3 is 2.33 bits per heavy atom. The number of carbonyl (C=O) groups excluding carboxylic acids is 2. The van der Waals surface area contributed by atoms with E-state index in [2.05, 4.69) is 0 Å². The van der Waals surface area contributed by atoms with Crippen molar-refractivity contribution in [3.63, 3.8) is 0 Å². The summed E-state index contributed by atoms with van der Waals surface area (Å²) < 4.78 is 34.2. The van der Waals surface area contributed by atoms with Crippen LogP contribution in [0.1, 0.15) is 49.9 Å². The van der Waals surface area contributed by atoms with Crippen LogP contribution < -0.4 is 23.7 Å². The highest BCUT2D eigenvalue weighted by atomic mass is 16.5. The molecule has 0 amide bonds. The van der Waals surface area contributed by atoms with Gasteiger partial charge in [-0.25, -0.2) is 4.79 Å². The molecule has 10 heteroatoms. The Morgan fingerprint density at radius 1 is 0.881 bits per heavy atom. The summed E-state index contributed by atoms with van der Waals surface area (Å²) in [6.07, 6.45) is 1.53. The minimum atomic E-state index is -1.03. The van der Waals surface area contributed by atoms with Gasteiger partial charge in [-0.2, -0.15) is 0 Å². The molecule has 3 heterocycles. The van der Waals surface area contributed by atoms with Gasteiger partial charge in [-0.05, 0) is 54.6 Å². The number of Topliss-reactive ketones (excluding diaryl/α,β-unsaturated/α-hetero) is 1. The van der Waals surface area contributed by atoms with Gasteiger partial charge < -0.3 is 33.2 Å². The molecule has 3 aromatic carbocycles. The number of rotatable bonds is 7. The molecule has 2 aliphatic heterocycles. The number of aromatic carboxylic acids is 1. The Hall–Kier alpha value is -5.51. The maximum atomic E-state index is 13.5. The normalized spacial score (nSPS) is 16.4. The molecule has 0 aliphatic carbocycles. The zero-order valence-electron chi connectivity index (χ0n) is 22.8. The summed E-state index contributed by atoms with van der Waals surface area (Å²) in [7, 11) is 4.49. The first-order chi connectivity index (χ1) is 20.3. The van der Waals surface area contributed by atoms with Crippen LogP contribution in [0.5, 0.6) is 28.7 Å². The minimum Gasteiger partial charge on any atom is -0.493 e. The first-order valence-corrected chi connectivity index (χ1v) is 12.9. The Labute approximate surface area is 239 Å². The molecule has 0 bridgehead atoms. The topological polar surface area (TPSA) is 131 Å². The summed E-state index contributed by atoms with van der Waals surface area (Å²) >= 11 is 0. The van der Waals surface area contributed by atoms with Crippen LogP contribution >= 0.6 is 0 Å². The Kier molecular flexibility index (Phi) is 6.66. The highest BCUT2D eigenvalue weighted by Crippen LogP contribution is 2.50. The molecule has 4 aromatic rings. The van der Waals surface area contributed by atoms with Crippen molar-refractivity contribution in [1.82, 2.24) is 0 Å². The van der Waals surface area contributed by atoms with Gasteiger partial charge in [0.25, 0.3) is 0 Å². The molecular formula is C32H24O10. The highest BCUT2D eigenvalue weighted by Gasteiger charge is 2.40. The summed E-state index contributed by atoms with van der Waals surface area (Å²) in [5, 5.41) is 9.18. The van der Waals surface area contributed by atoms with Gasteiger partial charge in [0.15, 0.2) is 17.3 Å². The number of furan rings is 1. The lowest BCUT2D eigenvalue weighted by Crippen LogP contribution is -2.21. The van der Waals surface area contributed by atoms with Crippen LogP contribution in [0, 0.1) is 0 Å². The standard InChI is InChI=1S/C32H24O10/c1-37-24-10-8-18(29(38-2)31(24)39-3)14-25-28(34)19-9-11-23-27(30(19)42-25)20(15-26(33)41-23)22-13-12-21(40-22)16-4-6-17(7-5-16)32(35)36/h4-14,20H,15H2,1-3H3,(H,35,36). The van der Waals surface area contributed by atoms with Crippen molar-refractivity contribution < 1.29 is 47.6 Å². The predicted octanol–water partition coefficient (Wildman–Crippen LogP) is 5.73. The molecule has 0 saturated heterocycles. The molecule has 212 valence electrons. The summed E-state index contributed by atoms with van der Waals surface area (Å²) in [6, 6.07) is 16.3. The van der Waals surface area contributed by atoms with Gasteiger partial charge in [0, 0.05) is 16.7 Å². The average molecular weight is 569 g/mol. The first kappa shape index (κ1) is 26.7. The van der Waals surface area contributed by atoms with Gasteiger partial charge in [0.2, 0.25) is 11.5 Å². The van der Waals surface area contributed by atoms with Crippen LogP contribution in [-0.2, 0) is 4.79 Å². The van der Waals surface area contributed by atoms with Crippen molar-refractivity contribution in [2.75, 3.05) is 21.3 Å². The molecule has 1 aromatic heterocycles. The third-order valence-electron chi connectivity index (χ3n) is 7.19. The molecule has 0 fully saturated rings. The van der Waals surface area contributed by atoms with E-state index in [1.807, 2.05) is 0 Å². The van der Waals surface area contributed by atoms with E-state index in [1.165, 1.54) is 33.5 Å². The lowest BCUT2D eigenvalue weighted by atomic mass is 9.88. The lowest BCUT2D eigenvalue weighted by molar-refractivity contribution is -0.135. The molecule has 2 aliphatic rings. The van der Waals surface area contributed by atoms with Gasteiger partial charge in [-0.1, -0.05) is 12.1 Å². The third-order valence-corrected chi connectivity index (χ3v) is 7.19. The van der Waals surface area contributed by atoms with Gasteiger partial charge in [0.05, 0.1) is 44.8 Å². The number of carboxylic acids is 1. The van der Waals surface area contributed by atoms with Crippen molar-refractivity contribution in [2.45, 2.75) is 12.3 Å². The number of benzene rings is 3. The van der Waals surface area contributed by atoms with E-state index in [0.29, 0.717) is 51.0 Å². The highest BCUT2D eigenvalue weighted by molar-refractivity contribution is 6.15. The van der Waals surface area contributed by atoms with Gasteiger partial charge in [0.1, 0.15) is 23.0 Å². The van der Waals surface area contributed by atoms with E-state index in [0.717, 1.165) is 0 Å². The van der Waals surface area contributed by atoms with Gasteiger partial charge >= 0.3 is 11.9 Å². The Balaban J connectivity index is 1.39. The molecule has 42 heavy (non-hydrogen) atoms. The monoisotopic (exact) mass is 568 g/mol. The van der Waals surface area contributed by atoms with E-state index in [9.17, 15) is 19.5 Å². The third kappa shape index (κ3) is 4.43. The van der Waals surface area contributed by atoms with E-state index in [1.54, 1.807) is 54.6 Å². The lowest BCUT2D eigenvalue weighted by Gasteiger charge is -2.24. The van der Waals surface area contributed by atoms with Gasteiger partial charge in [-0.3, -0.25) is 9.59 Å². The maximum Gasteiger partial charge on any atom is 0.335 e. The van der Waals surface area contributed by atoms with E-state index in [4.69, 9.17) is 28.1 Å². The molecule has 6 rings (SSSR count). The summed E-state index contributed by atoms with van der Waals surface area (Å²) in [5.74, 6) is 0.350.